The molecule has 0 heterocycles. The van der Waals surface area contributed by atoms with Crippen LogP contribution in [0.4, 0.5) is 0 Å². The molecule has 0 atom stereocenters. The monoisotopic (exact) mass is 422 g/mol. The fraction of sp³-hybridized carbons (Fsp3) is 0.455. The predicted octanol–water partition coefficient (Wildman–Crippen LogP) is 4.31. The van der Waals surface area contributed by atoms with Crippen molar-refractivity contribution in [3.05, 3.63) is 53.6 Å². The van der Waals surface area contributed by atoms with E-state index in [1.807, 2.05) is 0 Å². The molecule has 1 aliphatic rings. The van der Waals surface area contributed by atoms with Crippen molar-refractivity contribution in [3.8, 4) is 5.75 Å². The second-order valence-electron chi connectivity index (χ2n) is 8.06. The van der Waals surface area contributed by atoms with Crippen molar-refractivity contribution >= 4 is 35.5 Å². The Hall–Kier alpha value is -0.951. The molecule has 3 heteroatoms. The molecule has 1 nitrogen and oxygen atoms in total. The van der Waals surface area contributed by atoms with E-state index < -0.39 is 0 Å². The summed E-state index contributed by atoms with van der Waals surface area (Å²) in [6.45, 7) is 10.0. The summed E-state index contributed by atoms with van der Waals surface area (Å²) in [5, 5.41) is 0. The van der Waals surface area contributed by atoms with E-state index in [9.17, 15) is 0 Å². The Morgan fingerprint density at radius 2 is 1.56 bits per heavy atom. The second-order valence-corrected chi connectivity index (χ2v) is 10.8. The van der Waals surface area contributed by atoms with Gasteiger partial charge in [-0.1, -0.05) is 0 Å². The Labute approximate surface area is 163 Å². The van der Waals surface area contributed by atoms with Crippen molar-refractivity contribution in [1.29, 1.82) is 0 Å². The molecule has 0 aliphatic heterocycles. The van der Waals surface area contributed by atoms with Crippen LogP contribution in [0.2, 0.25) is 0 Å². The molecule has 0 saturated heterocycles. The van der Waals surface area contributed by atoms with Crippen LogP contribution in [-0.4, -0.2) is 27.4 Å². The molecule has 1 aliphatic carbocycles. The van der Waals surface area contributed by atoms with Crippen molar-refractivity contribution in [3.63, 3.8) is 0 Å². The molecule has 2 aromatic carbocycles. The van der Waals surface area contributed by atoms with Gasteiger partial charge in [-0.05, 0) is 0 Å². The van der Waals surface area contributed by atoms with E-state index in [0.717, 1.165) is 5.75 Å². The van der Waals surface area contributed by atoms with Crippen molar-refractivity contribution in [2.24, 2.45) is 0 Å². The molecule has 0 unspecified atom stereocenters. The fourth-order valence-electron chi connectivity index (χ4n) is 3.53. The van der Waals surface area contributed by atoms with E-state index in [1.165, 1.54) is 32.9 Å². The van der Waals surface area contributed by atoms with Gasteiger partial charge in [0, 0.05) is 0 Å². The van der Waals surface area contributed by atoms with Crippen molar-refractivity contribution in [2.45, 2.75) is 51.4 Å². The van der Waals surface area contributed by atoms with Crippen molar-refractivity contribution in [1.82, 2.24) is 0 Å². The first-order valence-corrected chi connectivity index (χ1v) is 11.2. The summed E-state index contributed by atoms with van der Waals surface area (Å²) in [6.07, 6.45) is 2.44. The summed E-state index contributed by atoms with van der Waals surface area (Å²) < 4.78 is 8.77. The molecule has 0 fully saturated rings. The van der Waals surface area contributed by atoms with Crippen LogP contribution in [0.1, 0.15) is 51.7 Å². The molecule has 25 heavy (non-hydrogen) atoms. The summed E-state index contributed by atoms with van der Waals surface area (Å²) >= 11 is 6.12. The zero-order valence-electron chi connectivity index (χ0n) is 15.6. The van der Waals surface area contributed by atoms with Gasteiger partial charge in [0.25, 0.3) is 0 Å². The summed E-state index contributed by atoms with van der Waals surface area (Å²) in [6, 6.07) is 15.4. The van der Waals surface area contributed by atoms with Crippen LogP contribution >= 0.6 is 11.6 Å². The average molecular weight is 422 g/mol. The minimum atomic E-state index is 0.197. The number of fused-ring (bicyclic) bond motifs is 1. The Balaban J connectivity index is 2.09. The molecule has 2 aromatic rings. The Morgan fingerprint density at radius 3 is 2.16 bits per heavy atom. The number of hydrogen-bond acceptors (Lipinski definition) is 1. The molecular formula is C22H27ClOSe. The number of hydrogen-bond donors (Lipinski definition) is 0. The van der Waals surface area contributed by atoms with Gasteiger partial charge in [0.2, 0.25) is 0 Å². The molecule has 0 amide bonds. The second kappa shape index (κ2) is 7.35. The van der Waals surface area contributed by atoms with E-state index in [-0.39, 0.29) is 25.8 Å². The van der Waals surface area contributed by atoms with Gasteiger partial charge in [0.05, 0.1) is 0 Å². The van der Waals surface area contributed by atoms with Gasteiger partial charge in [-0.2, -0.15) is 0 Å². The van der Waals surface area contributed by atoms with Crippen molar-refractivity contribution < 1.29 is 4.74 Å². The summed E-state index contributed by atoms with van der Waals surface area (Å²) in [4.78, 5) is 0. The predicted molar refractivity (Wildman–Crippen MR) is 109 cm³/mol. The quantitative estimate of drug-likeness (QED) is 0.516. The van der Waals surface area contributed by atoms with Crippen LogP contribution in [0.5, 0.6) is 5.75 Å². The van der Waals surface area contributed by atoms with Crippen LogP contribution in [-0.2, 0) is 10.8 Å². The van der Waals surface area contributed by atoms with Gasteiger partial charge in [-0.25, -0.2) is 0 Å². The molecule has 0 saturated carbocycles. The van der Waals surface area contributed by atoms with Gasteiger partial charge in [0.15, 0.2) is 0 Å². The van der Waals surface area contributed by atoms with Gasteiger partial charge in [-0.15, -0.1) is 0 Å². The molecule has 0 aromatic heterocycles. The number of rotatable bonds is 5. The molecule has 134 valence electrons. The van der Waals surface area contributed by atoms with E-state index in [4.69, 9.17) is 16.3 Å². The molecular weight excluding hydrogens is 395 g/mol. The number of ether oxygens (including phenoxy) is 1. The standard InChI is InChI=1S/C22H27ClOSe/c1-21(2)10-11-22(3,4)18-15-20(25-16-8-6-5-7-9-16)19(14-17(18)21)24-13-12-23/h5-9,14-15H,10-13H2,1-4H3. The van der Waals surface area contributed by atoms with E-state index in [2.05, 4.69) is 70.2 Å². The van der Waals surface area contributed by atoms with Gasteiger partial charge >= 0.3 is 163 Å². The van der Waals surface area contributed by atoms with E-state index in [1.54, 1.807) is 0 Å². The topological polar surface area (TPSA) is 9.23 Å². The van der Waals surface area contributed by atoms with Gasteiger partial charge in [0.1, 0.15) is 0 Å². The van der Waals surface area contributed by atoms with Crippen LogP contribution in [0.25, 0.3) is 0 Å². The molecule has 0 bridgehead atoms. The first-order valence-electron chi connectivity index (χ1n) is 8.94. The zero-order chi connectivity index (χ0) is 18.1. The normalized spacial score (nSPS) is 17.8. The van der Waals surface area contributed by atoms with E-state index >= 15 is 0 Å². The summed E-state index contributed by atoms with van der Waals surface area (Å²) in [5.74, 6) is 1.54. The molecule has 0 radical (unpaired) electrons. The maximum absolute atomic E-state index is 6.07. The first kappa shape index (κ1) is 18.8. The van der Waals surface area contributed by atoms with Crippen LogP contribution in [0, 0.1) is 0 Å². The third-order valence-corrected chi connectivity index (χ3v) is 7.57. The Morgan fingerprint density at radius 1 is 0.960 bits per heavy atom. The number of alkyl halides is 1. The van der Waals surface area contributed by atoms with E-state index in [0.29, 0.717) is 12.5 Å². The number of halogens is 1. The minimum absolute atomic E-state index is 0.197. The summed E-state index contributed by atoms with van der Waals surface area (Å²) in [7, 11) is 0. The fourth-order valence-corrected chi connectivity index (χ4v) is 5.59. The van der Waals surface area contributed by atoms with Crippen LogP contribution in [0.15, 0.2) is 42.5 Å². The van der Waals surface area contributed by atoms with Crippen molar-refractivity contribution in [2.75, 3.05) is 12.5 Å². The Kier molecular flexibility index (Phi) is 5.53. The zero-order valence-corrected chi connectivity index (χ0v) is 18.0. The van der Waals surface area contributed by atoms with Crippen LogP contribution in [0.3, 0.4) is 0 Å². The van der Waals surface area contributed by atoms with Gasteiger partial charge in [-0.3, -0.25) is 0 Å². The number of benzene rings is 2. The molecule has 0 spiro atoms. The third-order valence-electron chi connectivity index (χ3n) is 5.22. The first-order chi connectivity index (χ1) is 11.8. The Bertz CT molecular complexity index is 737. The van der Waals surface area contributed by atoms with Gasteiger partial charge < -0.3 is 0 Å². The maximum atomic E-state index is 6.07. The SMILES string of the molecule is CC1(C)CCC(C)(C)c2cc([Se]c3ccccc3)c(OCCCl)cc21. The third kappa shape index (κ3) is 4.08. The van der Waals surface area contributed by atoms with Crippen LogP contribution < -0.4 is 13.7 Å². The average Bonchev–Trinajstić information content (AvgIpc) is 2.58. The molecule has 0 N–H and O–H groups in total. The summed E-state index contributed by atoms with van der Waals surface area (Å²) in [5.41, 5.74) is 3.36. The molecule has 3 rings (SSSR count).